The number of nitrogens with two attached hydrogens (primary N) is 1. The van der Waals surface area contributed by atoms with Crippen molar-refractivity contribution >= 4 is 11.6 Å². The second-order valence-corrected chi connectivity index (χ2v) is 3.67. The van der Waals surface area contributed by atoms with E-state index in [0.29, 0.717) is 6.42 Å². The summed E-state index contributed by atoms with van der Waals surface area (Å²) in [5.41, 5.74) is 5.86. The third kappa shape index (κ3) is 3.45. The van der Waals surface area contributed by atoms with Gasteiger partial charge >= 0.3 is 0 Å². The number of hydrogen-bond donors (Lipinski definition) is 2. The normalized spacial score (nSPS) is 11.6. The molecule has 0 saturated carbocycles. The molecule has 17 heavy (non-hydrogen) atoms. The fraction of sp³-hybridized carbons (Fsp3) is 0.333. The zero-order valence-corrected chi connectivity index (χ0v) is 9.53. The zero-order valence-electron chi connectivity index (χ0n) is 9.53. The van der Waals surface area contributed by atoms with Gasteiger partial charge in [0.05, 0.1) is 18.1 Å². The highest BCUT2D eigenvalue weighted by atomic mass is 19.1. The van der Waals surface area contributed by atoms with E-state index >= 15 is 0 Å². The summed E-state index contributed by atoms with van der Waals surface area (Å²) in [5, 5.41) is 11.2. The highest BCUT2D eigenvalue weighted by Crippen LogP contribution is 2.13. The van der Waals surface area contributed by atoms with E-state index in [9.17, 15) is 9.18 Å². The van der Waals surface area contributed by atoms with E-state index in [1.165, 1.54) is 12.1 Å². The Morgan fingerprint density at radius 3 is 2.88 bits per heavy atom. The minimum atomic E-state index is -0.483. The minimum Gasteiger partial charge on any atom is -0.398 e. The second kappa shape index (κ2) is 5.85. The van der Waals surface area contributed by atoms with Crippen LogP contribution in [0.4, 0.5) is 10.1 Å². The van der Waals surface area contributed by atoms with Crippen molar-refractivity contribution < 1.29 is 9.18 Å². The van der Waals surface area contributed by atoms with Gasteiger partial charge in [0.15, 0.2) is 0 Å². The van der Waals surface area contributed by atoms with E-state index in [4.69, 9.17) is 11.0 Å². The molecule has 5 heteroatoms. The van der Waals surface area contributed by atoms with Crippen LogP contribution in [0.2, 0.25) is 0 Å². The van der Waals surface area contributed by atoms with E-state index in [2.05, 4.69) is 5.32 Å². The maximum absolute atomic E-state index is 12.8. The van der Waals surface area contributed by atoms with Gasteiger partial charge in [0.2, 0.25) is 0 Å². The number of nitrogens with zero attached hydrogens (tertiary/aromatic N) is 1. The molecule has 1 atom stereocenters. The van der Waals surface area contributed by atoms with E-state index < -0.39 is 5.82 Å². The third-order valence-electron chi connectivity index (χ3n) is 2.42. The van der Waals surface area contributed by atoms with Crippen LogP contribution in [0, 0.1) is 17.1 Å². The fourth-order valence-corrected chi connectivity index (χ4v) is 1.41. The second-order valence-electron chi connectivity index (χ2n) is 3.67. The van der Waals surface area contributed by atoms with Crippen molar-refractivity contribution in [2.45, 2.75) is 25.8 Å². The summed E-state index contributed by atoms with van der Waals surface area (Å²) in [5.74, 6) is -0.868. The molecule has 0 spiro atoms. The van der Waals surface area contributed by atoms with Crippen molar-refractivity contribution in [2.24, 2.45) is 0 Å². The summed E-state index contributed by atoms with van der Waals surface area (Å²) >= 11 is 0. The number of anilines is 1. The number of hydrogen-bond acceptors (Lipinski definition) is 3. The van der Waals surface area contributed by atoms with E-state index in [0.717, 1.165) is 6.07 Å². The Morgan fingerprint density at radius 1 is 1.65 bits per heavy atom. The molecule has 0 aliphatic heterocycles. The maximum Gasteiger partial charge on any atom is 0.253 e. The average molecular weight is 235 g/mol. The number of carbonyl (C=O) groups excluding carboxylic acids is 1. The molecule has 0 fully saturated rings. The molecule has 3 N–H and O–H groups in total. The van der Waals surface area contributed by atoms with Gasteiger partial charge in [-0.2, -0.15) is 5.26 Å². The summed E-state index contributed by atoms with van der Waals surface area (Å²) in [6.07, 6.45) is 0.893. The standard InChI is InChI=1S/C12H14FN3O/c1-2-9(5-6-14)16-12(17)10-4-3-8(13)7-11(10)15/h3-4,7,9H,2,5,15H2,1H3,(H,16,17). The van der Waals surface area contributed by atoms with Gasteiger partial charge in [0.25, 0.3) is 5.91 Å². The topological polar surface area (TPSA) is 78.9 Å². The monoisotopic (exact) mass is 235 g/mol. The van der Waals surface area contributed by atoms with Crippen molar-refractivity contribution in [3.63, 3.8) is 0 Å². The van der Waals surface area contributed by atoms with Crippen LogP contribution in [0.25, 0.3) is 0 Å². The Bertz CT molecular complexity index is 454. The summed E-state index contributed by atoms with van der Waals surface area (Å²) in [6.45, 7) is 1.87. The van der Waals surface area contributed by atoms with Crippen LogP contribution in [0.5, 0.6) is 0 Å². The van der Waals surface area contributed by atoms with Crippen LogP contribution >= 0.6 is 0 Å². The number of carbonyl (C=O) groups is 1. The van der Waals surface area contributed by atoms with Gasteiger partial charge in [-0.1, -0.05) is 6.92 Å². The third-order valence-corrected chi connectivity index (χ3v) is 2.42. The van der Waals surface area contributed by atoms with Gasteiger partial charge in [-0.15, -0.1) is 0 Å². The molecule has 90 valence electrons. The van der Waals surface area contributed by atoms with Gasteiger partial charge < -0.3 is 11.1 Å². The molecular weight excluding hydrogens is 221 g/mol. The minimum absolute atomic E-state index is 0.0920. The molecule has 0 radical (unpaired) electrons. The molecule has 1 aromatic carbocycles. The summed E-state index contributed by atoms with van der Waals surface area (Å²) < 4.78 is 12.8. The lowest BCUT2D eigenvalue weighted by atomic mass is 10.1. The van der Waals surface area contributed by atoms with Gasteiger partial charge in [-0.25, -0.2) is 4.39 Å². The molecule has 0 saturated heterocycles. The Labute approximate surface area is 99.2 Å². The molecule has 0 aliphatic rings. The first kappa shape index (κ1) is 13.0. The predicted octanol–water partition coefficient (Wildman–Crippen LogP) is 1.83. The molecular formula is C12H14FN3O. The van der Waals surface area contributed by atoms with Crippen molar-refractivity contribution in [1.82, 2.24) is 5.32 Å². The van der Waals surface area contributed by atoms with Crippen molar-refractivity contribution in [2.75, 3.05) is 5.73 Å². The molecule has 1 rings (SSSR count). The van der Waals surface area contributed by atoms with E-state index in [1.54, 1.807) is 0 Å². The SMILES string of the molecule is CCC(CC#N)NC(=O)c1ccc(F)cc1N. The smallest absolute Gasteiger partial charge is 0.253 e. The first-order valence-electron chi connectivity index (χ1n) is 5.31. The number of nitrogens with one attached hydrogen (secondary N) is 1. The van der Waals surface area contributed by atoms with Gasteiger partial charge in [-0.05, 0) is 24.6 Å². The number of rotatable bonds is 4. The summed E-state index contributed by atoms with van der Waals surface area (Å²) in [7, 11) is 0. The number of benzene rings is 1. The van der Waals surface area contributed by atoms with Crippen LogP contribution < -0.4 is 11.1 Å². The predicted molar refractivity (Wildman–Crippen MR) is 62.6 cm³/mol. The molecule has 0 aliphatic carbocycles. The summed E-state index contributed by atoms with van der Waals surface area (Å²) in [4.78, 5) is 11.8. The Balaban J connectivity index is 2.79. The van der Waals surface area contributed by atoms with Gasteiger partial charge in [0.1, 0.15) is 5.82 Å². The fourth-order valence-electron chi connectivity index (χ4n) is 1.41. The van der Waals surface area contributed by atoms with Crippen LogP contribution in [0.15, 0.2) is 18.2 Å². The first-order chi connectivity index (χ1) is 8.08. The van der Waals surface area contributed by atoms with Gasteiger partial charge in [-0.3, -0.25) is 4.79 Å². The molecule has 0 heterocycles. The Morgan fingerprint density at radius 2 is 2.35 bits per heavy atom. The molecule has 1 amide bonds. The number of halogens is 1. The molecule has 1 aromatic rings. The van der Waals surface area contributed by atoms with E-state index in [1.807, 2.05) is 13.0 Å². The Kier molecular flexibility index (Phi) is 4.46. The molecule has 0 aromatic heterocycles. The lowest BCUT2D eigenvalue weighted by Gasteiger charge is -2.14. The van der Waals surface area contributed by atoms with Crippen molar-refractivity contribution in [3.05, 3.63) is 29.6 Å². The van der Waals surface area contributed by atoms with Crippen LogP contribution in [0.1, 0.15) is 30.1 Å². The molecule has 1 unspecified atom stereocenters. The lowest BCUT2D eigenvalue weighted by molar-refractivity contribution is 0.0937. The quantitative estimate of drug-likeness (QED) is 0.781. The van der Waals surface area contributed by atoms with Gasteiger partial charge in [0, 0.05) is 11.7 Å². The van der Waals surface area contributed by atoms with Crippen LogP contribution in [-0.2, 0) is 0 Å². The van der Waals surface area contributed by atoms with Crippen LogP contribution in [-0.4, -0.2) is 11.9 Å². The van der Waals surface area contributed by atoms with Crippen molar-refractivity contribution in [1.29, 1.82) is 5.26 Å². The lowest BCUT2D eigenvalue weighted by Crippen LogP contribution is -2.34. The Hall–Kier alpha value is -2.09. The summed E-state index contributed by atoms with van der Waals surface area (Å²) in [6, 6.07) is 5.39. The largest absolute Gasteiger partial charge is 0.398 e. The zero-order chi connectivity index (χ0) is 12.8. The maximum atomic E-state index is 12.8. The average Bonchev–Trinajstić information content (AvgIpc) is 2.28. The highest BCUT2D eigenvalue weighted by Gasteiger charge is 2.14. The van der Waals surface area contributed by atoms with E-state index in [-0.39, 0.29) is 29.6 Å². The van der Waals surface area contributed by atoms with Crippen LogP contribution in [0.3, 0.4) is 0 Å². The van der Waals surface area contributed by atoms with Crippen molar-refractivity contribution in [3.8, 4) is 6.07 Å². The number of nitriles is 1. The number of nitrogen functional groups attached to an aromatic ring is 1. The highest BCUT2D eigenvalue weighted by molar-refractivity contribution is 5.99. The molecule has 4 nitrogen and oxygen atoms in total. The number of amides is 1. The first-order valence-corrected chi connectivity index (χ1v) is 5.31. The molecule has 0 bridgehead atoms.